The monoisotopic (exact) mass is 150 g/mol. The van der Waals surface area contributed by atoms with Crippen molar-refractivity contribution >= 4 is 18.0 Å². The zero-order valence-corrected chi connectivity index (χ0v) is 5.94. The molecule has 0 saturated heterocycles. The summed E-state index contributed by atoms with van der Waals surface area (Å²) in [5, 5.41) is 7.00. The van der Waals surface area contributed by atoms with Crippen LogP contribution in [0.4, 0.5) is 9.41 Å². The molecule has 0 spiro atoms. The van der Waals surface area contributed by atoms with Crippen LogP contribution in [-0.4, -0.2) is 30.2 Å². The predicted molar refractivity (Wildman–Crippen MR) is 23.1 cm³/mol. The molecule has 0 fully saturated rings. The van der Waals surface area contributed by atoms with Crippen LogP contribution >= 0.6 is 0 Å². The first-order valence-electron chi connectivity index (χ1n) is 0.447. The third-order valence-corrected chi connectivity index (χ3v) is 0. The molecule has 0 aliphatic rings. The number of rotatable bonds is 0. The Labute approximate surface area is 40.4 Å². The van der Waals surface area contributed by atoms with Gasteiger partial charge in [0.1, 0.15) is 0 Å². The van der Waals surface area contributed by atoms with E-state index in [1.807, 2.05) is 0 Å². The van der Waals surface area contributed by atoms with Gasteiger partial charge in [-0.15, -0.1) is 0 Å². The fourth-order valence-electron chi connectivity index (χ4n) is 0. The van der Waals surface area contributed by atoms with E-state index < -0.39 is 0 Å². The van der Waals surface area contributed by atoms with Crippen LogP contribution in [0, 0.1) is 0 Å². The molecule has 0 saturated carbocycles. The fraction of sp³-hybridized carbons (Fsp3) is 1.00. The maximum atomic E-state index is 7.00. The van der Waals surface area contributed by atoms with Crippen molar-refractivity contribution in [3.8, 4) is 0 Å². The first kappa shape index (κ1) is 54.3. The van der Waals surface area contributed by atoms with Gasteiger partial charge in [0.25, 0.3) is 0 Å². The third-order valence-electron chi connectivity index (χ3n) is 0. The van der Waals surface area contributed by atoms with E-state index in [0.29, 0.717) is 0 Å². The summed E-state index contributed by atoms with van der Waals surface area (Å²) in [6, 6.07) is 0. The van der Waals surface area contributed by atoms with E-state index in [-0.39, 0.29) is 27.4 Å². The molecule has 0 aliphatic carbocycles. The molecule has 1 atom stereocenters. The molecule has 4 heteroatoms. The Balaban J connectivity index is -0.00000000167. The van der Waals surface area contributed by atoms with E-state index in [4.69, 9.17) is 5.11 Å². The zero-order chi connectivity index (χ0) is 2.00. The summed E-state index contributed by atoms with van der Waals surface area (Å²) in [4.78, 5) is 0. The van der Waals surface area contributed by atoms with E-state index in [1.54, 1.807) is 0 Å². The average Bonchev–Trinajstić information content (AvgIpc) is 1.00. The van der Waals surface area contributed by atoms with Crippen LogP contribution in [0.2, 0.25) is 0 Å². The first-order valence-corrected chi connectivity index (χ1v) is 0.447. The van der Waals surface area contributed by atoms with Gasteiger partial charge in [0.2, 0.25) is 0 Å². The minimum absolute atomic E-state index is 0. The number of hydrogen-bond donors (Lipinski definition) is 1. The Morgan fingerprint density at radius 2 is 1.00 bits per heavy atom. The number of halogens is 2. The Morgan fingerprint density at radius 1 is 1.00 bits per heavy atom. The van der Waals surface area contributed by atoms with Gasteiger partial charge in [0, 0.05) is 7.11 Å². The predicted octanol–water partition coefficient (Wildman–Crippen LogP) is -1.27. The molecule has 0 aromatic rings. The standard InChI is InChI=1S/CH4O.AsH3.2FH/c1-2;;;/h2H,1H3;1H3;2*1H. The van der Waals surface area contributed by atoms with Gasteiger partial charge in [-0.3, -0.25) is 9.41 Å². The summed E-state index contributed by atoms with van der Waals surface area (Å²) in [6.45, 7) is 0. The molecule has 38 valence electrons. The van der Waals surface area contributed by atoms with Crippen LogP contribution < -0.4 is 0 Å². The fourth-order valence-corrected chi connectivity index (χ4v) is 0. The van der Waals surface area contributed by atoms with E-state index in [0.717, 1.165) is 7.11 Å². The van der Waals surface area contributed by atoms with Crippen LogP contribution in [0.25, 0.3) is 0 Å². The van der Waals surface area contributed by atoms with Crippen molar-refractivity contribution in [2.45, 2.75) is 0 Å². The molecule has 0 aromatic heterocycles. The molecule has 1 N–H and O–H groups in total. The number of hydrogen-bond acceptors (Lipinski definition) is 1. The van der Waals surface area contributed by atoms with Crippen LogP contribution in [0.5, 0.6) is 0 Å². The van der Waals surface area contributed by atoms with E-state index in [2.05, 4.69) is 0 Å². The van der Waals surface area contributed by atoms with E-state index in [1.165, 1.54) is 0 Å². The second kappa shape index (κ2) is 349. The summed E-state index contributed by atoms with van der Waals surface area (Å²) >= 11 is 0. The average molecular weight is 150 g/mol. The maximum absolute atomic E-state index is 7.00. The molecule has 0 rings (SSSR count). The van der Waals surface area contributed by atoms with Crippen LogP contribution in [0.15, 0.2) is 0 Å². The number of aliphatic hydroxyl groups is 1. The first-order chi connectivity index (χ1) is 1.00. The van der Waals surface area contributed by atoms with Crippen molar-refractivity contribution in [3.05, 3.63) is 0 Å². The molecule has 1 nitrogen and oxygen atoms in total. The van der Waals surface area contributed by atoms with Crippen molar-refractivity contribution in [2.24, 2.45) is 0 Å². The van der Waals surface area contributed by atoms with Gasteiger partial charge in [0.05, 0.1) is 0 Å². The normalized spacial score (nSPS) is 1.20. The van der Waals surface area contributed by atoms with Crippen molar-refractivity contribution in [3.63, 3.8) is 0 Å². The third kappa shape index (κ3) is 173. The molecular formula is CH9AsF2O. The quantitative estimate of drug-likeness (QED) is 0.427. The molecular weight excluding hydrogens is 141 g/mol. The molecule has 0 amide bonds. The van der Waals surface area contributed by atoms with Crippen molar-refractivity contribution in [1.29, 1.82) is 0 Å². The van der Waals surface area contributed by atoms with E-state index >= 15 is 0 Å². The van der Waals surface area contributed by atoms with Gasteiger partial charge in [-0.1, -0.05) is 0 Å². The summed E-state index contributed by atoms with van der Waals surface area (Å²) < 4.78 is 0. The van der Waals surface area contributed by atoms with Gasteiger partial charge >= 0.3 is 18.0 Å². The molecule has 5 heavy (non-hydrogen) atoms. The Bertz CT molecular complexity index is 9.61. The summed E-state index contributed by atoms with van der Waals surface area (Å²) in [5.41, 5.74) is 0. The topological polar surface area (TPSA) is 20.2 Å². The van der Waals surface area contributed by atoms with Gasteiger partial charge < -0.3 is 5.11 Å². The second-order valence-corrected chi connectivity index (χ2v) is 0. The van der Waals surface area contributed by atoms with E-state index in [9.17, 15) is 0 Å². The van der Waals surface area contributed by atoms with Gasteiger partial charge in [-0.05, 0) is 0 Å². The molecule has 1 unspecified atom stereocenters. The van der Waals surface area contributed by atoms with Crippen molar-refractivity contribution < 1.29 is 14.5 Å². The van der Waals surface area contributed by atoms with Gasteiger partial charge in [-0.2, -0.15) is 0 Å². The van der Waals surface area contributed by atoms with Crippen LogP contribution in [0.1, 0.15) is 0 Å². The zero-order valence-electron chi connectivity index (χ0n) is 2.97. The van der Waals surface area contributed by atoms with Crippen molar-refractivity contribution in [2.75, 3.05) is 7.11 Å². The molecule has 0 aromatic carbocycles. The Hall–Kier alpha value is 0.378. The summed E-state index contributed by atoms with van der Waals surface area (Å²) in [7, 11) is 1.00. The summed E-state index contributed by atoms with van der Waals surface area (Å²) in [6.07, 6.45) is 0. The molecule has 0 heterocycles. The number of aliphatic hydroxyl groups excluding tert-OH is 1. The minimum atomic E-state index is 0. The Morgan fingerprint density at radius 3 is 1.00 bits per heavy atom. The van der Waals surface area contributed by atoms with Gasteiger partial charge in [-0.25, -0.2) is 0 Å². The van der Waals surface area contributed by atoms with Crippen LogP contribution in [-0.2, 0) is 0 Å². The second-order valence-electron chi connectivity index (χ2n) is 0. The SMILES string of the molecule is CO.F.F.[AsH3]. The Kier molecular flexibility index (Phi) is 3790. The molecule has 0 bridgehead atoms. The van der Waals surface area contributed by atoms with Crippen LogP contribution in [0.3, 0.4) is 0 Å². The summed E-state index contributed by atoms with van der Waals surface area (Å²) in [5.74, 6) is 0. The van der Waals surface area contributed by atoms with Crippen molar-refractivity contribution in [1.82, 2.24) is 0 Å². The molecule has 0 aliphatic heterocycles. The molecule has 0 radical (unpaired) electrons. The van der Waals surface area contributed by atoms with Gasteiger partial charge in [0.15, 0.2) is 0 Å².